The predicted octanol–water partition coefficient (Wildman–Crippen LogP) is 6.01. The van der Waals surface area contributed by atoms with Gasteiger partial charge >= 0.3 is 0 Å². The van der Waals surface area contributed by atoms with Crippen LogP contribution in [0.1, 0.15) is 36.1 Å². The molecule has 178 valence electrons. The van der Waals surface area contributed by atoms with Gasteiger partial charge in [-0.3, -0.25) is 9.59 Å². The van der Waals surface area contributed by atoms with Gasteiger partial charge in [-0.1, -0.05) is 83.9 Å². The molecule has 0 radical (unpaired) electrons. The number of aryl methyl sites for hydroxylation is 1. The molecule has 0 aliphatic heterocycles. The van der Waals surface area contributed by atoms with E-state index in [1.54, 1.807) is 23.1 Å². The molecule has 0 aromatic heterocycles. The number of rotatable bonds is 9. The van der Waals surface area contributed by atoms with E-state index in [9.17, 15) is 9.59 Å². The summed E-state index contributed by atoms with van der Waals surface area (Å²) >= 11 is 12.9. The molecule has 0 spiro atoms. The van der Waals surface area contributed by atoms with Gasteiger partial charge in [0.15, 0.2) is 0 Å². The summed E-state index contributed by atoms with van der Waals surface area (Å²) in [7, 11) is 0. The molecule has 0 aliphatic rings. The van der Waals surface area contributed by atoms with Gasteiger partial charge in [-0.15, -0.1) is 0 Å². The lowest BCUT2D eigenvalue weighted by Gasteiger charge is -2.32. The maximum absolute atomic E-state index is 13.8. The average Bonchev–Trinajstić information content (AvgIpc) is 2.79. The number of hydrogen-bond acceptors (Lipinski definition) is 2. The fourth-order valence-electron chi connectivity index (χ4n) is 3.86. The minimum atomic E-state index is -0.728. The van der Waals surface area contributed by atoms with Crippen molar-refractivity contribution in [3.05, 3.63) is 105 Å². The average molecular weight is 497 g/mol. The Labute approximate surface area is 211 Å². The molecule has 1 N–H and O–H groups in total. The highest BCUT2D eigenvalue weighted by Gasteiger charge is 2.31. The van der Waals surface area contributed by atoms with Crippen molar-refractivity contribution >= 4 is 35.0 Å². The molecule has 0 aliphatic carbocycles. The molecule has 3 rings (SSSR count). The lowest BCUT2D eigenvalue weighted by Crippen LogP contribution is -2.52. The number of carbonyl (C=O) groups excluding carboxylic acids is 2. The molecule has 0 heterocycles. The van der Waals surface area contributed by atoms with Gasteiger partial charge in [-0.2, -0.15) is 0 Å². The maximum Gasteiger partial charge on any atom is 0.243 e. The summed E-state index contributed by atoms with van der Waals surface area (Å²) in [6.45, 7) is 5.92. The summed E-state index contributed by atoms with van der Waals surface area (Å²) in [6.07, 6.45) is 0.552. The standard InChI is InChI=1S/C28H30Cl2N2O2/c1-19(2)31-28(34)26(16-21-11-5-4-6-12-21)32(18-23-24(29)14-9-15-25(23)30)27(33)17-22-13-8-7-10-20(22)3/h4-15,19,26H,16-18H2,1-3H3,(H,31,34). The second-order valence-electron chi connectivity index (χ2n) is 8.69. The summed E-state index contributed by atoms with van der Waals surface area (Å²) in [5, 5.41) is 3.91. The number of hydrogen-bond donors (Lipinski definition) is 1. The van der Waals surface area contributed by atoms with Crippen LogP contribution in [0.5, 0.6) is 0 Å². The Morgan fingerprint density at radius 2 is 1.50 bits per heavy atom. The fraction of sp³-hybridized carbons (Fsp3) is 0.286. The van der Waals surface area contributed by atoms with Gasteiger partial charge in [0.05, 0.1) is 6.42 Å². The second-order valence-corrected chi connectivity index (χ2v) is 9.51. The topological polar surface area (TPSA) is 49.4 Å². The van der Waals surface area contributed by atoms with E-state index in [4.69, 9.17) is 23.2 Å². The molecule has 0 saturated heterocycles. The van der Waals surface area contributed by atoms with Crippen LogP contribution in [0.4, 0.5) is 0 Å². The molecular formula is C28H30Cl2N2O2. The molecule has 3 aromatic carbocycles. The van der Waals surface area contributed by atoms with E-state index in [0.29, 0.717) is 22.0 Å². The van der Waals surface area contributed by atoms with Gasteiger partial charge < -0.3 is 10.2 Å². The summed E-state index contributed by atoms with van der Waals surface area (Å²) in [6, 6.07) is 21.9. The van der Waals surface area contributed by atoms with Gasteiger partial charge in [-0.05, 0) is 49.6 Å². The highest BCUT2D eigenvalue weighted by atomic mass is 35.5. The van der Waals surface area contributed by atoms with Gasteiger partial charge in [0.1, 0.15) is 6.04 Å². The first-order valence-corrected chi connectivity index (χ1v) is 12.1. The van der Waals surface area contributed by atoms with E-state index in [1.807, 2.05) is 75.4 Å². The SMILES string of the molecule is Cc1ccccc1CC(=O)N(Cc1c(Cl)cccc1Cl)C(Cc1ccccc1)C(=O)NC(C)C. The number of halogens is 2. The van der Waals surface area contributed by atoms with Crippen LogP contribution in [0.2, 0.25) is 10.0 Å². The third kappa shape index (κ3) is 6.85. The molecule has 34 heavy (non-hydrogen) atoms. The normalized spacial score (nSPS) is 11.8. The number of benzene rings is 3. The maximum atomic E-state index is 13.8. The molecule has 6 heteroatoms. The van der Waals surface area contributed by atoms with Crippen LogP contribution in [0.15, 0.2) is 72.8 Å². The van der Waals surface area contributed by atoms with E-state index in [0.717, 1.165) is 16.7 Å². The zero-order valence-corrected chi connectivity index (χ0v) is 21.2. The van der Waals surface area contributed by atoms with Crippen molar-refractivity contribution in [1.29, 1.82) is 0 Å². The molecule has 0 saturated carbocycles. The first-order chi connectivity index (χ1) is 16.3. The zero-order chi connectivity index (χ0) is 24.7. The number of amides is 2. The first kappa shape index (κ1) is 25.8. The van der Waals surface area contributed by atoms with Crippen molar-refractivity contribution in [2.24, 2.45) is 0 Å². The number of carbonyl (C=O) groups is 2. The molecule has 0 fully saturated rings. The molecule has 1 unspecified atom stereocenters. The Kier molecular flexibility index (Phi) is 9.14. The highest BCUT2D eigenvalue weighted by Crippen LogP contribution is 2.27. The number of nitrogens with one attached hydrogen (secondary N) is 1. The van der Waals surface area contributed by atoms with Gasteiger partial charge in [0, 0.05) is 34.6 Å². The monoisotopic (exact) mass is 496 g/mol. The van der Waals surface area contributed by atoms with Gasteiger partial charge in [0.2, 0.25) is 11.8 Å². The van der Waals surface area contributed by atoms with E-state index in [2.05, 4.69) is 5.32 Å². The van der Waals surface area contributed by atoms with Crippen LogP contribution >= 0.6 is 23.2 Å². The molecule has 2 amide bonds. The van der Waals surface area contributed by atoms with Crippen LogP contribution < -0.4 is 5.32 Å². The minimum Gasteiger partial charge on any atom is -0.352 e. The summed E-state index contributed by atoms with van der Waals surface area (Å²) in [4.78, 5) is 28.8. The summed E-state index contributed by atoms with van der Waals surface area (Å²) in [5.41, 5.74) is 3.54. The predicted molar refractivity (Wildman–Crippen MR) is 139 cm³/mol. The first-order valence-electron chi connectivity index (χ1n) is 11.4. The lowest BCUT2D eigenvalue weighted by molar-refractivity contribution is -0.141. The molecular weight excluding hydrogens is 467 g/mol. The molecule has 4 nitrogen and oxygen atoms in total. The van der Waals surface area contributed by atoms with Crippen LogP contribution in [0.3, 0.4) is 0 Å². The third-order valence-corrected chi connectivity index (χ3v) is 6.40. The largest absolute Gasteiger partial charge is 0.352 e. The Bertz CT molecular complexity index is 1110. The zero-order valence-electron chi connectivity index (χ0n) is 19.7. The molecule has 3 aromatic rings. The summed E-state index contributed by atoms with van der Waals surface area (Å²) in [5.74, 6) is -0.370. The highest BCUT2D eigenvalue weighted by molar-refractivity contribution is 6.36. The van der Waals surface area contributed by atoms with Gasteiger partial charge in [0.25, 0.3) is 0 Å². The van der Waals surface area contributed by atoms with Gasteiger partial charge in [-0.25, -0.2) is 0 Å². The molecule has 0 bridgehead atoms. The van der Waals surface area contributed by atoms with E-state index >= 15 is 0 Å². The van der Waals surface area contributed by atoms with E-state index in [1.165, 1.54) is 0 Å². The Morgan fingerprint density at radius 1 is 0.882 bits per heavy atom. The Morgan fingerprint density at radius 3 is 2.12 bits per heavy atom. The number of nitrogens with zero attached hydrogens (tertiary/aromatic N) is 1. The van der Waals surface area contributed by atoms with Crippen LogP contribution in [-0.2, 0) is 29.0 Å². The van der Waals surface area contributed by atoms with Crippen molar-refractivity contribution in [2.45, 2.75) is 52.2 Å². The Hall–Kier alpha value is -2.82. The lowest BCUT2D eigenvalue weighted by atomic mass is 10.00. The van der Waals surface area contributed by atoms with Crippen molar-refractivity contribution < 1.29 is 9.59 Å². The third-order valence-electron chi connectivity index (χ3n) is 5.70. The van der Waals surface area contributed by atoms with Crippen molar-refractivity contribution in [3.63, 3.8) is 0 Å². The quantitative estimate of drug-likeness (QED) is 0.394. The van der Waals surface area contributed by atoms with Crippen LogP contribution in [-0.4, -0.2) is 28.8 Å². The van der Waals surface area contributed by atoms with Crippen molar-refractivity contribution in [3.8, 4) is 0 Å². The van der Waals surface area contributed by atoms with Crippen LogP contribution in [0.25, 0.3) is 0 Å². The second kappa shape index (κ2) is 12.0. The van der Waals surface area contributed by atoms with E-state index < -0.39 is 6.04 Å². The van der Waals surface area contributed by atoms with Crippen molar-refractivity contribution in [2.75, 3.05) is 0 Å². The van der Waals surface area contributed by atoms with Crippen LogP contribution in [0, 0.1) is 6.92 Å². The minimum absolute atomic E-state index is 0.0667. The van der Waals surface area contributed by atoms with Crippen molar-refractivity contribution in [1.82, 2.24) is 10.2 Å². The molecule has 1 atom stereocenters. The van der Waals surface area contributed by atoms with E-state index in [-0.39, 0.29) is 30.8 Å². The Balaban J connectivity index is 2.03. The smallest absolute Gasteiger partial charge is 0.243 e. The summed E-state index contributed by atoms with van der Waals surface area (Å²) < 4.78 is 0. The fourth-order valence-corrected chi connectivity index (χ4v) is 4.38.